The van der Waals surface area contributed by atoms with Gasteiger partial charge in [0.15, 0.2) is 9.84 Å². The number of nitrogens with zero attached hydrogens (tertiary/aromatic N) is 1. The minimum atomic E-state index is -3.49. The summed E-state index contributed by atoms with van der Waals surface area (Å²) in [7, 11) is -3.49. The Morgan fingerprint density at radius 3 is 2.12 bits per heavy atom. The van der Waals surface area contributed by atoms with Gasteiger partial charge in [0, 0.05) is 23.1 Å². The maximum absolute atomic E-state index is 12.5. The largest absolute Gasteiger partial charge is 0.336 e. The molecule has 3 rings (SSSR count). The molecule has 0 aromatic heterocycles. The van der Waals surface area contributed by atoms with Crippen LogP contribution in [-0.2, 0) is 9.84 Å². The molecule has 1 heterocycles. The smallest absolute Gasteiger partial charge is 0.255 e. The second kappa shape index (κ2) is 6.56. The number of halogens is 3. The predicted molar refractivity (Wildman–Crippen MR) is 94.8 cm³/mol. The van der Waals surface area contributed by atoms with Crippen LogP contribution in [0.25, 0.3) is 0 Å². The third kappa shape index (κ3) is 3.26. The van der Waals surface area contributed by atoms with E-state index in [2.05, 4.69) is 0 Å². The Morgan fingerprint density at radius 2 is 1.54 bits per heavy atom. The Kier molecular flexibility index (Phi) is 4.80. The molecule has 1 aliphatic rings. The average Bonchev–Trinajstić information content (AvgIpc) is 2.45. The van der Waals surface area contributed by atoms with Crippen molar-refractivity contribution in [3.05, 3.63) is 63.1 Å². The summed E-state index contributed by atoms with van der Waals surface area (Å²) in [6, 6.07) is 10.6. The second-order valence-electron chi connectivity index (χ2n) is 5.46. The highest BCUT2D eigenvalue weighted by molar-refractivity contribution is 7.92. The number of likely N-dealkylation sites (tertiary alicyclic amines) is 1. The normalized spacial score (nSPS) is 15.2. The van der Waals surface area contributed by atoms with Gasteiger partial charge in [-0.2, -0.15) is 0 Å². The highest BCUT2D eigenvalue weighted by atomic mass is 35.5. The maximum Gasteiger partial charge on any atom is 0.255 e. The first-order valence-corrected chi connectivity index (χ1v) is 9.71. The van der Waals surface area contributed by atoms with E-state index in [9.17, 15) is 13.2 Å². The minimum absolute atomic E-state index is 0.128. The summed E-state index contributed by atoms with van der Waals surface area (Å²) in [5, 5.41) is 0.519. The number of rotatable bonds is 3. The van der Waals surface area contributed by atoms with Crippen LogP contribution in [0.4, 0.5) is 0 Å². The number of carbonyl (C=O) groups excluding carboxylic acids is 1. The van der Waals surface area contributed by atoms with Crippen LogP contribution in [0.2, 0.25) is 15.1 Å². The van der Waals surface area contributed by atoms with Crippen molar-refractivity contribution >= 4 is 50.5 Å². The Balaban J connectivity index is 1.72. The molecule has 0 unspecified atom stereocenters. The van der Waals surface area contributed by atoms with Gasteiger partial charge in [-0.05, 0) is 42.5 Å². The molecule has 0 bridgehead atoms. The van der Waals surface area contributed by atoms with E-state index in [1.165, 1.54) is 41.3 Å². The molecule has 1 saturated heterocycles. The fraction of sp³-hybridized carbons (Fsp3) is 0.188. The summed E-state index contributed by atoms with van der Waals surface area (Å²) in [6.45, 7) is 0.255. The first-order chi connectivity index (χ1) is 11.3. The van der Waals surface area contributed by atoms with Gasteiger partial charge in [-0.15, -0.1) is 0 Å². The summed E-state index contributed by atoms with van der Waals surface area (Å²) in [6.07, 6.45) is 0. The van der Waals surface area contributed by atoms with Crippen molar-refractivity contribution in [3.63, 3.8) is 0 Å². The first kappa shape index (κ1) is 17.5. The Morgan fingerprint density at radius 1 is 0.958 bits per heavy atom. The van der Waals surface area contributed by atoms with Crippen LogP contribution in [0.15, 0.2) is 47.4 Å². The molecular weight excluding hydrogens is 393 g/mol. The van der Waals surface area contributed by atoms with Crippen molar-refractivity contribution in [3.8, 4) is 0 Å². The van der Waals surface area contributed by atoms with E-state index in [1.807, 2.05) is 0 Å². The number of hydrogen-bond acceptors (Lipinski definition) is 3. The monoisotopic (exact) mass is 403 g/mol. The molecule has 4 nitrogen and oxygen atoms in total. The Bertz CT molecular complexity index is 891. The summed E-state index contributed by atoms with van der Waals surface area (Å²) < 4.78 is 25.0. The third-order valence-corrected chi connectivity index (χ3v) is 6.78. The fourth-order valence-electron chi connectivity index (χ4n) is 2.45. The molecule has 1 aliphatic heterocycles. The van der Waals surface area contributed by atoms with Crippen LogP contribution < -0.4 is 0 Å². The van der Waals surface area contributed by atoms with Crippen molar-refractivity contribution < 1.29 is 13.2 Å². The first-order valence-electron chi connectivity index (χ1n) is 7.03. The van der Waals surface area contributed by atoms with E-state index in [4.69, 9.17) is 34.8 Å². The lowest BCUT2D eigenvalue weighted by Gasteiger charge is -2.38. The van der Waals surface area contributed by atoms with Gasteiger partial charge in [0.2, 0.25) is 0 Å². The second-order valence-corrected chi connectivity index (χ2v) is 8.96. The van der Waals surface area contributed by atoms with Crippen molar-refractivity contribution in [2.45, 2.75) is 10.1 Å². The van der Waals surface area contributed by atoms with Gasteiger partial charge in [-0.3, -0.25) is 4.79 Å². The molecule has 0 saturated carbocycles. The molecular formula is C16H12Cl3NO3S. The highest BCUT2D eigenvalue weighted by Crippen LogP contribution is 2.28. The zero-order valence-corrected chi connectivity index (χ0v) is 15.3. The van der Waals surface area contributed by atoms with E-state index in [0.29, 0.717) is 15.6 Å². The molecule has 0 atom stereocenters. The van der Waals surface area contributed by atoms with Gasteiger partial charge in [0.25, 0.3) is 5.91 Å². The summed E-state index contributed by atoms with van der Waals surface area (Å²) in [5.74, 6) is -0.306. The zero-order chi connectivity index (χ0) is 17.5. The standard InChI is InChI=1S/C16H12Cl3NO3S/c17-10-1-4-12(5-2-10)24(22,23)13-8-20(9-13)16(21)14-6-3-11(18)7-15(14)19/h1-7,13H,8-9H2. The molecule has 24 heavy (non-hydrogen) atoms. The Labute approximate surface area is 154 Å². The van der Waals surface area contributed by atoms with Crippen LogP contribution >= 0.6 is 34.8 Å². The van der Waals surface area contributed by atoms with Gasteiger partial charge in [0.1, 0.15) is 5.25 Å². The number of carbonyl (C=O) groups is 1. The van der Waals surface area contributed by atoms with Gasteiger partial charge < -0.3 is 4.90 Å². The van der Waals surface area contributed by atoms with Crippen LogP contribution in [0.1, 0.15) is 10.4 Å². The molecule has 8 heteroatoms. The molecule has 0 N–H and O–H groups in total. The number of benzene rings is 2. The topological polar surface area (TPSA) is 54.5 Å². The molecule has 2 aromatic rings. The molecule has 126 valence electrons. The third-order valence-electron chi connectivity index (χ3n) is 3.88. The SMILES string of the molecule is O=C(c1ccc(Cl)cc1Cl)N1CC(S(=O)(=O)c2ccc(Cl)cc2)C1. The van der Waals surface area contributed by atoms with E-state index in [1.54, 1.807) is 6.07 Å². The molecule has 0 radical (unpaired) electrons. The summed E-state index contributed by atoms with van der Waals surface area (Å²) in [5.41, 5.74) is 0.309. The molecule has 0 aliphatic carbocycles. The number of hydrogen-bond donors (Lipinski definition) is 0. The molecule has 0 spiro atoms. The van der Waals surface area contributed by atoms with Gasteiger partial charge in [-0.25, -0.2) is 8.42 Å². The lowest BCUT2D eigenvalue weighted by Crippen LogP contribution is -2.56. The van der Waals surface area contributed by atoms with Crippen molar-refractivity contribution in [1.29, 1.82) is 0 Å². The van der Waals surface area contributed by atoms with Crippen LogP contribution in [0.3, 0.4) is 0 Å². The maximum atomic E-state index is 12.5. The van der Waals surface area contributed by atoms with Crippen LogP contribution in [0, 0.1) is 0 Å². The predicted octanol–water partition coefficient (Wildman–Crippen LogP) is 3.95. The lowest BCUT2D eigenvalue weighted by molar-refractivity contribution is 0.0659. The minimum Gasteiger partial charge on any atom is -0.336 e. The van der Waals surface area contributed by atoms with Crippen LogP contribution in [0.5, 0.6) is 0 Å². The molecule has 1 amide bonds. The van der Waals surface area contributed by atoms with Gasteiger partial charge in [-0.1, -0.05) is 34.8 Å². The quantitative estimate of drug-likeness (QED) is 0.778. The number of amides is 1. The van der Waals surface area contributed by atoms with Crippen LogP contribution in [-0.4, -0.2) is 37.6 Å². The van der Waals surface area contributed by atoms with E-state index in [0.717, 1.165) is 0 Å². The highest BCUT2D eigenvalue weighted by Gasteiger charge is 2.41. The van der Waals surface area contributed by atoms with Crippen molar-refractivity contribution in [2.75, 3.05) is 13.1 Å². The zero-order valence-electron chi connectivity index (χ0n) is 12.2. The van der Waals surface area contributed by atoms with E-state index in [-0.39, 0.29) is 28.9 Å². The van der Waals surface area contributed by atoms with E-state index < -0.39 is 15.1 Å². The van der Waals surface area contributed by atoms with E-state index >= 15 is 0 Å². The van der Waals surface area contributed by atoms with Gasteiger partial charge in [0.05, 0.1) is 15.5 Å². The summed E-state index contributed by atoms with van der Waals surface area (Å²) >= 11 is 17.6. The van der Waals surface area contributed by atoms with Crippen molar-refractivity contribution in [2.24, 2.45) is 0 Å². The molecule has 2 aromatic carbocycles. The van der Waals surface area contributed by atoms with Crippen molar-refractivity contribution in [1.82, 2.24) is 4.90 Å². The summed E-state index contributed by atoms with van der Waals surface area (Å²) in [4.78, 5) is 14.1. The molecule has 1 fully saturated rings. The number of sulfone groups is 1. The lowest BCUT2D eigenvalue weighted by atomic mass is 10.1. The fourth-order valence-corrected chi connectivity index (χ4v) is 4.72. The Hall–Kier alpha value is -1.27. The van der Waals surface area contributed by atoms with Gasteiger partial charge >= 0.3 is 0 Å². The average molecular weight is 405 g/mol.